The zero-order valence-corrected chi connectivity index (χ0v) is 12.2. The first-order chi connectivity index (χ1) is 9.54. The standard InChI is InChI=1S/C16H22FN3/c1-13(2)20-9-4-7-16(12-18,8-10-20)19-15-6-3-5-14(17)11-15/h3,5-6,11,13,19H,4,7-10H2,1-2H3. The van der Waals surface area contributed by atoms with E-state index in [-0.39, 0.29) is 5.82 Å². The van der Waals surface area contributed by atoms with E-state index >= 15 is 0 Å². The van der Waals surface area contributed by atoms with Crippen molar-refractivity contribution in [2.45, 2.75) is 44.7 Å². The lowest BCUT2D eigenvalue weighted by atomic mass is 9.92. The molecule has 0 saturated carbocycles. The molecule has 2 rings (SSSR count). The molecule has 1 N–H and O–H groups in total. The van der Waals surface area contributed by atoms with Crippen LogP contribution in [0.5, 0.6) is 0 Å². The SMILES string of the molecule is CC(C)N1CCCC(C#N)(Nc2cccc(F)c2)CC1. The smallest absolute Gasteiger partial charge is 0.126 e. The Bertz CT molecular complexity index is 495. The Labute approximate surface area is 120 Å². The second kappa shape index (κ2) is 6.23. The lowest BCUT2D eigenvalue weighted by Crippen LogP contribution is -2.39. The third kappa shape index (κ3) is 3.49. The number of halogens is 1. The van der Waals surface area contributed by atoms with Gasteiger partial charge in [0.2, 0.25) is 0 Å². The summed E-state index contributed by atoms with van der Waals surface area (Å²) in [4.78, 5) is 2.40. The van der Waals surface area contributed by atoms with Crippen LogP contribution >= 0.6 is 0 Å². The molecule has 0 aliphatic carbocycles. The molecule has 0 bridgehead atoms. The van der Waals surface area contributed by atoms with Crippen LogP contribution in [0.2, 0.25) is 0 Å². The summed E-state index contributed by atoms with van der Waals surface area (Å²) in [6.07, 6.45) is 2.54. The molecule has 1 fully saturated rings. The number of benzene rings is 1. The largest absolute Gasteiger partial charge is 0.367 e. The van der Waals surface area contributed by atoms with Crippen LogP contribution in [0.15, 0.2) is 24.3 Å². The van der Waals surface area contributed by atoms with Gasteiger partial charge in [-0.3, -0.25) is 0 Å². The van der Waals surface area contributed by atoms with Crippen molar-refractivity contribution in [3.8, 4) is 6.07 Å². The van der Waals surface area contributed by atoms with Gasteiger partial charge >= 0.3 is 0 Å². The number of nitrogens with zero attached hydrogens (tertiary/aromatic N) is 2. The van der Waals surface area contributed by atoms with Gasteiger partial charge in [-0.05, 0) is 57.9 Å². The van der Waals surface area contributed by atoms with Crippen LogP contribution in [-0.2, 0) is 0 Å². The normalized spacial score (nSPS) is 24.1. The monoisotopic (exact) mass is 275 g/mol. The summed E-state index contributed by atoms with van der Waals surface area (Å²) in [5, 5.41) is 12.9. The Morgan fingerprint density at radius 2 is 2.15 bits per heavy atom. The number of rotatable bonds is 3. The van der Waals surface area contributed by atoms with E-state index in [1.807, 2.05) is 6.07 Å². The van der Waals surface area contributed by atoms with Gasteiger partial charge in [0, 0.05) is 18.3 Å². The highest BCUT2D eigenvalue weighted by Gasteiger charge is 2.33. The van der Waals surface area contributed by atoms with Crippen LogP contribution in [0.3, 0.4) is 0 Å². The maximum absolute atomic E-state index is 13.3. The minimum Gasteiger partial charge on any atom is -0.367 e. The number of likely N-dealkylation sites (tertiary alicyclic amines) is 1. The molecule has 0 aromatic heterocycles. The molecular formula is C16H22FN3. The number of anilines is 1. The van der Waals surface area contributed by atoms with Crippen molar-refractivity contribution in [2.75, 3.05) is 18.4 Å². The minimum atomic E-state index is -0.586. The molecule has 0 amide bonds. The molecule has 0 radical (unpaired) electrons. The van der Waals surface area contributed by atoms with Crippen molar-refractivity contribution in [3.63, 3.8) is 0 Å². The fourth-order valence-corrected chi connectivity index (χ4v) is 2.78. The Morgan fingerprint density at radius 3 is 2.80 bits per heavy atom. The molecule has 1 unspecified atom stereocenters. The van der Waals surface area contributed by atoms with Crippen molar-refractivity contribution in [1.29, 1.82) is 5.26 Å². The number of hydrogen-bond acceptors (Lipinski definition) is 3. The molecule has 1 aromatic carbocycles. The number of nitrogens with one attached hydrogen (secondary N) is 1. The van der Waals surface area contributed by atoms with Gasteiger partial charge in [0.25, 0.3) is 0 Å². The third-order valence-corrected chi connectivity index (χ3v) is 4.03. The summed E-state index contributed by atoms with van der Waals surface area (Å²) in [6.45, 7) is 6.28. The Hall–Kier alpha value is -1.60. The second-order valence-electron chi connectivity index (χ2n) is 5.81. The summed E-state index contributed by atoms with van der Waals surface area (Å²) in [5.74, 6) is -0.277. The highest BCUT2D eigenvalue weighted by molar-refractivity contribution is 5.48. The molecule has 108 valence electrons. The highest BCUT2D eigenvalue weighted by atomic mass is 19.1. The van der Waals surface area contributed by atoms with Crippen LogP contribution in [-0.4, -0.2) is 29.6 Å². The lowest BCUT2D eigenvalue weighted by molar-refractivity contribution is 0.229. The summed E-state index contributed by atoms with van der Waals surface area (Å²) in [6, 6.07) is 9.27. The predicted molar refractivity (Wildman–Crippen MR) is 78.9 cm³/mol. The quantitative estimate of drug-likeness (QED) is 0.919. The molecule has 1 aromatic rings. The molecule has 20 heavy (non-hydrogen) atoms. The summed E-state index contributed by atoms with van der Waals surface area (Å²) in [5.41, 5.74) is 0.0989. The molecule has 1 atom stereocenters. The van der Waals surface area contributed by atoms with Gasteiger partial charge in [0.1, 0.15) is 11.4 Å². The predicted octanol–water partition coefficient (Wildman–Crippen LogP) is 3.39. The molecule has 3 nitrogen and oxygen atoms in total. The van der Waals surface area contributed by atoms with E-state index in [0.717, 1.165) is 32.4 Å². The first kappa shape index (κ1) is 14.8. The third-order valence-electron chi connectivity index (χ3n) is 4.03. The molecule has 4 heteroatoms. The maximum Gasteiger partial charge on any atom is 0.126 e. The zero-order valence-electron chi connectivity index (χ0n) is 12.2. The lowest BCUT2D eigenvalue weighted by Gasteiger charge is -2.28. The van der Waals surface area contributed by atoms with Gasteiger partial charge in [-0.1, -0.05) is 6.07 Å². The molecule has 0 spiro atoms. The fourth-order valence-electron chi connectivity index (χ4n) is 2.78. The van der Waals surface area contributed by atoms with E-state index in [9.17, 15) is 9.65 Å². The van der Waals surface area contributed by atoms with Gasteiger partial charge in [0.05, 0.1) is 6.07 Å². The van der Waals surface area contributed by atoms with E-state index in [2.05, 4.69) is 30.1 Å². The number of hydrogen-bond donors (Lipinski definition) is 1. The fraction of sp³-hybridized carbons (Fsp3) is 0.562. The van der Waals surface area contributed by atoms with E-state index < -0.39 is 5.54 Å². The maximum atomic E-state index is 13.3. The molecule has 1 aliphatic heterocycles. The zero-order chi connectivity index (χ0) is 14.6. The van der Waals surface area contributed by atoms with Crippen molar-refractivity contribution >= 4 is 5.69 Å². The number of nitriles is 1. The average molecular weight is 275 g/mol. The second-order valence-corrected chi connectivity index (χ2v) is 5.81. The first-order valence-electron chi connectivity index (χ1n) is 7.24. The van der Waals surface area contributed by atoms with Crippen LogP contribution in [0.4, 0.5) is 10.1 Å². The summed E-state index contributed by atoms with van der Waals surface area (Å²) < 4.78 is 13.3. The van der Waals surface area contributed by atoms with E-state index in [4.69, 9.17) is 0 Å². The van der Waals surface area contributed by atoms with Crippen LogP contribution < -0.4 is 5.32 Å². The van der Waals surface area contributed by atoms with Crippen molar-refractivity contribution in [1.82, 2.24) is 4.90 Å². The molecule has 1 saturated heterocycles. The van der Waals surface area contributed by atoms with Gasteiger partial charge in [-0.25, -0.2) is 4.39 Å². The van der Waals surface area contributed by atoms with E-state index in [1.165, 1.54) is 12.1 Å². The summed E-state index contributed by atoms with van der Waals surface area (Å²) in [7, 11) is 0. The van der Waals surface area contributed by atoms with Crippen molar-refractivity contribution in [2.24, 2.45) is 0 Å². The van der Waals surface area contributed by atoms with Crippen LogP contribution in [0.25, 0.3) is 0 Å². The van der Waals surface area contributed by atoms with Crippen LogP contribution in [0, 0.1) is 17.1 Å². The van der Waals surface area contributed by atoms with Crippen molar-refractivity contribution < 1.29 is 4.39 Å². The van der Waals surface area contributed by atoms with Gasteiger partial charge in [-0.15, -0.1) is 0 Å². The van der Waals surface area contributed by atoms with Gasteiger partial charge < -0.3 is 10.2 Å². The van der Waals surface area contributed by atoms with E-state index in [0.29, 0.717) is 11.7 Å². The van der Waals surface area contributed by atoms with E-state index in [1.54, 1.807) is 6.07 Å². The first-order valence-corrected chi connectivity index (χ1v) is 7.24. The molecule has 1 aliphatic rings. The average Bonchev–Trinajstić information content (AvgIpc) is 2.62. The topological polar surface area (TPSA) is 39.1 Å². The van der Waals surface area contributed by atoms with Gasteiger partial charge in [-0.2, -0.15) is 5.26 Å². The Balaban J connectivity index is 2.12. The van der Waals surface area contributed by atoms with Crippen LogP contribution in [0.1, 0.15) is 33.1 Å². The molecular weight excluding hydrogens is 253 g/mol. The van der Waals surface area contributed by atoms with Gasteiger partial charge in [0.15, 0.2) is 0 Å². The minimum absolute atomic E-state index is 0.277. The van der Waals surface area contributed by atoms with Crippen molar-refractivity contribution in [3.05, 3.63) is 30.1 Å². The highest BCUT2D eigenvalue weighted by Crippen LogP contribution is 2.27. The molecule has 1 heterocycles. The Morgan fingerprint density at radius 1 is 1.35 bits per heavy atom. The Kier molecular flexibility index (Phi) is 4.61. The summed E-state index contributed by atoms with van der Waals surface area (Å²) >= 11 is 0.